The molecule has 2 fully saturated rings. The van der Waals surface area contributed by atoms with Crippen molar-refractivity contribution in [2.75, 3.05) is 13.1 Å². The van der Waals surface area contributed by atoms with Crippen molar-refractivity contribution < 1.29 is 14.6 Å². The monoisotopic (exact) mass is 441 g/mol. The minimum Gasteiger partial charge on any atom is -0.481 e. The van der Waals surface area contributed by atoms with Crippen LogP contribution in [0.3, 0.4) is 0 Å². The summed E-state index contributed by atoms with van der Waals surface area (Å²) >= 11 is 0. The summed E-state index contributed by atoms with van der Waals surface area (Å²) in [4.78, 5) is 13.4. The fourth-order valence-corrected chi connectivity index (χ4v) is 5.33. The maximum atomic E-state index is 10.7. The van der Waals surface area contributed by atoms with Crippen LogP contribution in [0.25, 0.3) is 0 Å². The van der Waals surface area contributed by atoms with Crippen LogP contribution >= 0.6 is 0 Å². The summed E-state index contributed by atoms with van der Waals surface area (Å²) in [5, 5.41) is 8.81. The molecule has 0 spiro atoms. The predicted molar refractivity (Wildman–Crippen MR) is 131 cm³/mol. The molecule has 1 N–H and O–H groups in total. The summed E-state index contributed by atoms with van der Waals surface area (Å²) in [6, 6.07) is 9.55. The van der Waals surface area contributed by atoms with Gasteiger partial charge in [0, 0.05) is 18.4 Å². The third-order valence-electron chi connectivity index (χ3n) is 7.22. The highest BCUT2D eigenvalue weighted by Crippen LogP contribution is 2.37. The van der Waals surface area contributed by atoms with E-state index in [1.54, 1.807) is 0 Å². The lowest BCUT2D eigenvalue weighted by molar-refractivity contribution is -0.136. The molecule has 1 aliphatic heterocycles. The number of allylic oxidation sites excluding steroid dienone is 2. The molecule has 1 heterocycles. The first-order valence-electron chi connectivity index (χ1n) is 12.7. The minimum absolute atomic E-state index is 0.176. The molecule has 2 aliphatic rings. The molecule has 4 nitrogen and oxygen atoms in total. The lowest BCUT2D eigenvalue weighted by Crippen LogP contribution is -2.43. The predicted octanol–water partition coefficient (Wildman–Crippen LogP) is 6.34. The number of carboxylic acids is 1. The molecular weight excluding hydrogens is 398 g/mol. The summed E-state index contributed by atoms with van der Waals surface area (Å²) in [6.45, 7) is 9.90. The SMILES string of the molecule is CC(C)(C)c1ccc(CO[C@H]2CC[C@H](N3CCCCC3)[C@H]2CCC=CCCC(=O)O)cc1. The Balaban J connectivity index is 1.57. The number of aliphatic carboxylic acids is 1. The van der Waals surface area contributed by atoms with Crippen molar-refractivity contribution in [2.45, 2.75) is 103 Å². The van der Waals surface area contributed by atoms with Crippen molar-refractivity contribution in [1.82, 2.24) is 4.90 Å². The molecule has 178 valence electrons. The third kappa shape index (κ3) is 7.45. The van der Waals surface area contributed by atoms with Crippen LogP contribution in [0.15, 0.2) is 36.4 Å². The quantitative estimate of drug-likeness (QED) is 0.431. The Bertz CT molecular complexity index is 728. The number of nitrogens with zero attached hydrogens (tertiary/aromatic N) is 1. The Hall–Kier alpha value is -1.65. The number of rotatable bonds is 10. The van der Waals surface area contributed by atoms with Crippen LogP contribution < -0.4 is 0 Å². The fourth-order valence-electron chi connectivity index (χ4n) is 5.33. The van der Waals surface area contributed by atoms with Gasteiger partial charge in [-0.05, 0) is 74.6 Å². The van der Waals surface area contributed by atoms with E-state index >= 15 is 0 Å². The molecule has 1 aromatic rings. The molecule has 1 saturated heterocycles. The van der Waals surface area contributed by atoms with E-state index in [4.69, 9.17) is 9.84 Å². The van der Waals surface area contributed by atoms with Gasteiger partial charge in [0.25, 0.3) is 0 Å². The highest BCUT2D eigenvalue weighted by molar-refractivity contribution is 5.66. The molecule has 32 heavy (non-hydrogen) atoms. The van der Waals surface area contributed by atoms with Gasteiger partial charge in [-0.15, -0.1) is 0 Å². The van der Waals surface area contributed by atoms with Gasteiger partial charge in [-0.1, -0.05) is 63.6 Å². The van der Waals surface area contributed by atoms with Gasteiger partial charge in [0.15, 0.2) is 0 Å². The first kappa shape index (κ1) is 25.0. The zero-order valence-corrected chi connectivity index (χ0v) is 20.4. The summed E-state index contributed by atoms with van der Waals surface area (Å²) in [5.41, 5.74) is 2.79. The molecule has 4 heteroatoms. The highest BCUT2D eigenvalue weighted by Gasteiger charge is 2.39. The zero-order valence-electron chi connectivity index (χ0n) is 20.4. The second-order valence-corrected chi connectivity index (χ2v) is 10.7. The maximum Gasteiger partial charge on any atom is 0.303 e. The highest BCUT2D eigenvalue weighted by atomic mass is 16.5. The van der Waals surface area contributed by atoms with Gasteiger partial charge in [-0.2, -0.15) is 0 Å². The molecule has 3 atom stereocenters. The fraction of sp³-hybridized carbons (Fsp3) is 0.679. The molecule has 0 radical (unpaired) electrons. The largest absolute Gasteiger partial charge is 0.481 e. The molecule has 1 saturated carbocycles. The van der Waals surface area contributed by atoms with Crippen LogP contribution in [0.2, 0.25) is 0 Å². The van der Waals surface area contributed by atoms with Crippen molar-refractivity contribution >= 4 is 5.97 Å². The number of hydrogen-bond acceptors (Lipinski definition) is 3. The Morgan fingerprint density at radius 3 is 2.41 bits per heavy atom. The Morgan fingerprint density at radius 1 is 1.06 bits per heavy atom. The van der Waals surface area contributed by atoms with E-state index < -0.39 is 5.97 Å². The van der Waals surface area contributed by atoms with Crippen molar-refractivity contribution in [2.24, 2.45) is 5.92 Å². The van der Waals surface area contributed by atoms with Crippen molar-refractivity contribution in [3.63, 3.8) is 0 Å². The topological polar surface area (TPSA) is 49.8 Å². The number of carbonyl (C=O) groups is 1. The van der Waals surface area contributed by atoms with Crippen LogP contribution in [-0.2, 0) is 21.6 Å². The first-order valence-corrected chi connectivity index (χ1v) is 12.7. The lowest BCUT2D eigenvalue weighted by Gasteiger charge is -2.37. The summed E-state index contributed by atoms with van der Waals surface area (Å²) < 4.78 is 6.53. The zero-order chi connectivity index (χ0) is 23.0. The van der Waals surface area contributed by atoms with Crippen LogP contribution in [0.5, 0.6) is 0 Å². The Labute approximate surface area is 195 Å². The summed E-state index contributed by atoms with van der Waals surface area (Å²) in [5.74, 6) is -0.161. The number of hydrogen-bond donors (Lipinski definition) is 1. The maximum absolute atomic E-state index is 10.7. The van der Waals surface area contributed by atoms with E-state index in [1.807, 2.05) is 6.08 Å². The molecule has 1 aromatic carbocycles. The van der Waals surface area contributed by atoms with Crippen LogP contribution in [0, 0.1) is 5.92 Å². The first-order chi connectivity index (χ1) is 15.3. The Morgan fingerprint density at radius 2 is 1.75 bits per heavy atom. The van der Waals surface area contributed by atoms with Gasteiger partial charge in [-0.25, -0.2) is 0 Å². The molecule has 0 aromatic heterocycles. The Kier molecular flexibility index (Phi) is 9.36. The minimum atomic E-state index is -0.723. The number of ether oxygens (including phenoxy) is 1. The summed E-state index contributed by atoms with van der Waals surface area (Å²) in [6.07, 6.45) is 13.9. The summed E-state index contributed by atoms with van der Waals surface area (Å²) in [7, 11) is 0. The van der Waals surface area contributed by atoms with Gasteiger partial charge < -0.3 is 14.7 Å². The van der Waals surface area contributed by atoms with E-state index in [1.165, 1.54) is 49.9 Å². The molecule has 0 unspecified atom stereocenters. The van der Waals surface area contributed by atoms with E-state index in [-0.39, 0.29) is 11.8 Å². The van der Waals surface area contributed by atoms with Gasteiger partial charge in [0.1, 0.15) is 0 Å². The van der Waals surface area contributed by atoms with Crippen LogP contribution in [0.1, 0.15) is 89.7 Å². The number of benzene rings is 1. The van der Waals surface area contributed by atoms with Crippen molar-refractivity contribution in [3.05, 3.63) is 47.5 Å². The van der Waals surface area contributed by atoms with Gasteiger partial charge in [-0.3, -0.25) is 4.79 Å². The van der Waals surface area contributed by atoms with E-state index in [2.05, 4.69) is 56.0 Å². The van der Waals surface area contributed by atoms with Gasteiger partial charge >= 0.3 is 5.97 Å². The second kappa shape index (κ2) is 12.0. The lowest BCUT2D eigenvalue weighted by atomic mass is 9.87. The van der Waals surface area contributed by atoms with Crippen LogP contribution in [0.4, 0.5) is 0 Å². The van der Waals surface area contributed by atoms with Crippen molar-refractivity contribution in [1.29, 1.82) is 0 Å². The second-order valence-electron chi connectivity index (χ2n) is 10.7. The average molecular weight is 442 g/mol. The number of carboxylic acid groups (broad SMARTS) is 1. The normalized spacial score (nSPS) is 24.9. The van der Waals surface area contributed by atoms with E-state index in [9.17, 15) is 4.79 Å². The number of piperidine rings is 1. The third-order valence-corrected chi connectivity index (χ3v) is 7.22. The number of likely N-dealkylation sites (tertiary alicyclic amines) is 1. The van der Waals surface area contributed by atoms with E-state index in [0.29, 0.717) is 31.1 Å². The van der Waals surface area contributed by atoms with Gasteiger partial charge in [0.2, 0.25) is 0 Å². The molecule has 0 bridgehead atoms. The standard InChI is InChI=1S/C28H43NO3/c1-28(2,3)23-15-13-22(14-16-23)21-32-26-18-17-25(29-19-9-6-10-20-29)24(26)11-7-4-5-8-12-27(30)31/h4-5,13-16,24-26H,6-12,17-21H2,1-3H3,(H,30,31)/t24-,25+,26+/m1/s1. The molecule has 3 rings (SSSR count). The van der Waals surface area contributed by atoms with Gasteiger partial charge in [0.05, 0.1) is 12.7 Å². The average Bonchev–Trinajstić information content (AvgIpc) is 3.17. The molecule has 0 amide bonds. The molecule has 1 aliphatic carbocycles. The van der Waals surface area contributed by atoms with E-state index in [0.717, 1.165) is 19.3 Å². The molecular formula is C28H43NO3. The van der Waals surface area contributed by atoms with Crippen LogP contribution in [-0.4, -0.2) is 41.2 Å². The van der Waals surface area contributed by atoms with Crippen molar-refractivity contribution in [3.8, 4) is 0 Å². The smallest absolute Gasteiger partial charge is 0.303 e.